The van der Waals surface area contributed by atoms with E-state index in [0.717, 1.165) is 4.90 Å². The van der Waals surface area contributed by atoms with Gasteiger partial charge in [0.05, 0.1) is 0 Å². The molecule has 19 heavy (non-hydrogen) atoms. The van der Waals surface area contributed by atoms with Gasteiger partial charge in [0.2, 0.25) is 0 Å². The first-order chi connectivity index (χ1) is 9.03. The average Bonchev–Trinajstić information content (AvgIpc) is 2.39. The van der Waals surface area contributed by atoms with E-state index in [4.69, 9.17) is 0 Å². The Kier molecular flexibility index (Phi) is 4.54. The van der Waals surface area contributed by atoms with Crippen molar-refractivity contribution in [3.05, 3.63) is 53.0 Å². The van der Waals surface area contributed by atoms with E-state index in [1.807, 2.05) is 18.4 Å². The molecule has 0 aliphatic carbocycles. The lowest BCUT2D eigenvalue weighted by Gasteiger charge is -2.09. The molecule has 0 bridgehead atoms. The molecule has 0 aromatic heterocycles. The fourth-order valence-corrected chi connectivity index (χ4v) is 4.00. The predicted molar refractivity (Wildman–Crippen MR) is 83.2 cm³/mol. The number of benzene rings is 2. The molecule has 2 rings (SSSR count). The molecule has 0 heterocycles. The second-order valence-electron chi connectivity index (χ2n) is 3.76. The normalized spacial score (nSPS) is 11.3. The second kappa shape index (κ2) is 5.98. The van der Waals surface area contributed by atoms with Crippen LogP contribution in [0, 0.1) is 0 Å². The van der Waals surface area contributed by atoms with Crippen molar-refractivity contribution in [1.82, 2.24) is 0 Å². The van der Waals surface area contributed by atoms with Crippen LogP contribution in [0.3, 0.4) is 0 Å². The highest BCUT2D eigenvalue weighted by molar-refractivity contribution is 9.10. The Labute approximate surface area is 125 Å². The summed E-state index contributed by atoms with van der Waals surface area (Å²) >= 11 is 4.86. The fraction of sp³-hybridized carbons (Fsp3) is 0.0769. The summed E-state index contributed by atoms with van der Waals surface area (Å²) in [7, 11) is -3.57. The van der Waals surface area contributed by atoms with Gasteiger partial charge in [-0.3, -0.25) is 4.72 Å². The first kappa shape index (κ1) is 14.4. The second-order valence-corrected chi connectivity index (χ2v) is 7.15. The third-order valence-corrected chi connectivity index (χ3v) is 5.61. The molecule has 0 atom stereocenters. The minimum atomic E-state index is -3.57. The lowest BCUT2D eigenvalue weighted by atomic mass is 10.3. The third-order valence-electron chi connectivity index (χ3n) is 2.47. The predicted octanol–water partition coefficient (Wildman–Crippen LogP) is 3.97. The maximum atomic E-state index is 12.2. The fourth-order valence-electron chi connectivity index (χ4n) is 1.53. The third kappa shape index (κ3) is 3.52. The van der Waals surface area contributed by atoms with Crippen LogP contribution in [0.25, 0.3) is 0 Å². The Morgan fingerprint density at radius 2 is 1.68 bits per heavy atom. The van der Waals surface area contributed by atoms with E-state index < -0.39 is 10.0 Å². The Hall–Kier alpha value is -0.980. The molecule has 2 aromatic carbocycles. The number of thioether (sulfide) groups is 1. The molecule has 6 heteroatoms. The van der Waals surface area contributed by atoms with Gasteiger partial charge < -0.3 is 0 Å². The summed E-state index contributed by atoms with van der Waals surface area (Å²) in [5.74, 6) is 0. The van der Waals surface area contributed by atoms with E-state index in [9.17, 15) is 8.42 Å². The summed E-state index contributed by atoms with van der Waals surface area (Å²) in [6, 6.07) is 14.0. The van der Waals surface area contributed by atoms with E-state index in [1.54, 1.807) is 48.2 Å². The van der Waals surface area contributed by atoms with Gasteiger partial charge in [-0.1, -0.05) is 12.1 Å². The summed E-state index contributed by atoms with van der Waals surface area (Å²) in [5, 5.41) is 0. The van der Waals surface area contributed by atoms with Crippen molar-refractivity contribution in [3.8, 4) is 0 Å². The van der Waals surface area contributed by atoms with E-state index >= 15 is 0 Å². The largest absolute Gasteiger partial charge is 0.280 e. The molecule has 3 nitrogen and oxygen atoms in total. The van der Waals surface area contributed by atoms with Crippen molar-refractivity contribution in [2.75, 3.05) is 11.0 Å². The minimum absolute atomic E-state index is 0.226. The summed E-state index contributed by atoms with van der Waals surface area (Å²) in [5.41, 5.74) is 0.550. The Bertz CT molecular complexity index is 669. The van der Waals surface area contributed by atoms with Gasteiger partial charge in [-0.25, -0.2) is 8.42 Å². The van der Waals surface area contributed by atoms with Gasteiger partial charge in [-0.2, -0.15) is 0 Å². The highest BCUT2D eigenvalue weighted by Gasteiger charge is 2.16. The van der Waals surface area contributed by atoms with E-state index in [2.05, 4.69) is 20.7 Å². The van der Waals surface area contributed by atoms with Crippen LogP contribution in [0.4, 0.5) is 5.69 Å². The molecule has 100 valence electrons. The first-order valence-corrected chi connectivity index (χ1v) is 8.94. The molecule has 0 saturated carbocycles. The van der Waals surface area contributed by atoms with Crippen LogP contribution >= 0.6 is 27.7 Å². The van der Waals surface area contributed by atoms with Gasteiger partial charge in [0.1, 0.15) is 4.90 Å². The molecule has 1 N–H and O–H groups in total. The smallest absolute Gasteiger partial charge is 0.263 e. The van der Waals surface area contributed by atoms with Crippen LogP contribution < -0.4 is 4.72 Å². The van der Waals surface area contributed by atoms with Gasteiger partial charge in [-0.15, -0.1) is 11.8 Å². The van der Waals surface area contributed by atoms with Crippen molar-refractivity contribution in [2.24, 2.45) is 0 Å². The molecule has 0 fully saturated rings. The molecule has 0 radical (unpaired) electrons. The van der Waals surface area contributed by atoms with Gasteiger partial charge in [-0.05, 0) is 58.6 Å². The molecule has 0 amide bonds. The Balaban J connectivity index is 2.28. The molecule has 0 unspecified atom stereocenters. The van der Waals surface area contributed by atoms with Crippen LogP contribution in [-0.4, -0.2) is 14.7 Å². The number of hydrogen-bond donors (Lipinski definition) is 1. The summed E-state index contributed by atoms with van der Waals surface area (Å²) < 4.78 is 27.6. The highest BCUT2D eigenvalue weighted by Crippen LogP contribution is 2.24. The monoisotopic (exact) mass is 357 g/mol. The van der Waals surface area contributed by atoms with Gasteiger partial charge >= 0.3 is 0 Å². The zero-order chi connectivity index (χ0) is 13.9. The van der Waals surface area contributed by atoms with Crippen molar-refractivity contribution in [3.63, 3.8) is 0 Å². The number of halogens is 1. The van der Waals surface area contributed by atoms with E-state index in [-0.39, 0.29) is 4.90 Å². The topological polar surface area (TPSA) is 46.2 Å². The van der Waals surface area contributed by atoms with Crippen molar-refractivity contribution < 1.29 is 8.42 Å². The minimum Gasteiger partial charge on any atom is -0.280 e. The highest BCUT2D eigenvalue weighted by atomic mass is 79.9. The lowest BCUT2D eigenvalue weighted by Crippen LogP contribution is -2.13. The van der Waals surface area contributed by atoms with Crippen molar-refractivity contribution in [2.45, 2.75) is 9.79 Å². The number of hydrogen-bond acceptors (Lipinski definition) is 3. The summed E-state index contributed by atoms with van der Waals surface area (Å²) in [4.78, 5) is 1.31. The number of sulfonamides is 1. The maximum Gasteiger partial charge on any atom is 0.263 e. The molecule has 0 aliphatic rings. The zero-order valence-electron chi connectivity index (χ0n) is 10.1. The Morgan fingerprint density at radius 1 is 1.05 bits per heavy atom. The standard InChI is InChI=1S/C13H12BrNO2S2/c1-18-11-8-6-10(7-9-11)15-19(16,17)13-5-3-2-4-12(13)14/h2-9,15H,1H3. The van der Waals surface area contributed by atoms with Crippen LogP contribution in [0.15, 0.2) is 62.8 Å². The molecule has 0 saturated heterocycles. The van der Waals surface area contributed by atoms with Crippen LogP contribution in [-0.2, 0) is 10.0 Å². The lowest BCUT2D eigenvalue weighted by molar-refractivity contribution is 0.601. The number of anilines is 1. The van der Waals surface area contributed by atoms with Crippen molar-refractivity contribution >= 4 is 43.4 Å². The summed E-state index contributed by atoms with van der Waals surface area (Å²) in [6.45, 7) is 0. The SMILES string of the molecule is CSc1ccc(NS(=O)(=O)c2ccccc2Br)cc1. The van der Waals surface area contributed by atoms with E-state index in [0.29, 0.717) is 10.2 Å². The van der Waals surface area contributed by atoms with Crippen LogP contribution in [0.2, 0.25) is 0 Å². The van der Waals surface area contributed by atoms with Crippen LogP contribution in [0.1, 0.15) is 0 Å². The van der Waals surface area contributed by atoms with E-state index in [1.165, 1.54) is 0 Å². The average molecular weight is 358 g/mol. The quantitative estimate of drug-likeness (QED) is 0.842. The van der Waals surface area contributed by atoms with Gasteiger partial charge in [0, 0.05) is 15.1 Å². The van der Waals surface area contributed by atoms with Crippen LogP contribution in [0.5, 0.6) is 0 Å². The molecule has 2 aromatic rings. The number of nitrogens with one attached hydrogen (secondary N) is 1. The van der Waals surface area contributed by atoms with Gasteiger partial charge in [0.15, 0.2) is 0 Å². The first-order valence-electron chi connectivity index (χ1n) is 5.44. The summed E-state index contributed by atoms with van der Waals surface area (Å²) in [6.07, 6.45) is 1.97. The Morgan fingerprint density at radius 3 is 2.26 bits per heavy atom. The molecule has 0 aliphatic heterocycles. The number of rotatable bonds is 4. The van der Waals surface area contributed by atoms with Gasteiger partial charge in [0.25, 0.3) is 10.0 Å². The molecular formula is C13H12BrNO2S2. The maximum absolute atomic E-state index is 12.2. The molecule has 0 spiro atoms. The molecular weight excluding hydrogens is 346 g/mol. The zero-order valence-corrected chi connectivity index (χ0v) is 13.3. The van der Waals surface area contributed by atoms with Crippen molar-refractivity contribution in [1.29, 1.82) is 0 Å².